The lowest BCUT2D eigenvalue weighted by atomic mass is 10.2. The Kier molecular flexibility index (Phi) is 3.49. The van der Waals surface area contributed by atoms with Crippen molar-refractivity contribution in [2.45, 2.75) is 19.5 Å². The van der Waals surface area contributed by atoms with Crippen LogP contribution in [-0.4, -0.2) is 22.6 Å². The van der Waals surface area contributed by atoms with Crippen molar-refractivity contribution in [1.82, 2.24) is 9.55 Å². The molecule has 14 heavy (non-hydrogen) atoms. The summed E-state index contributed by atoms with van der Waals surface area (Å²) in [7, 11) is 1.28. The number of hydrogen-bond donors (Lipinski definition) is 1. The first kappa shape index (κ1) is 11.0. The van der Waals surface area contributed by atoms with Crippen LogP contribution in [0.2, 0.25) is 5.15 Å². The van der Waals surface area contributed by atoms with Crippen molar-refractivity contribution in [1.29, 1.82) is 0 Å². The highest BCUT2D eigenvalue weighted by atomic mass is 35.5. The van der Waals surface area contributed by atoms with E-state index in [2.05, 4.69) is 9.72 Å². The quantitative estimate of drug-likeness (QED) is 0.758. The number of nitrogens with two attached hydrogens (primary N) is 1. The van der Waals surface area contributed by atoms with Gasteiger partial charge in [0.15, 0.2) is 5.15 Å². The molecule has 1 aromatic heterocycles. The van der Waals surface area contributed by atoms with Crippen molar-refractivity contribution in [3.05, 3.63) is 17.2 Å². The number of carbonyl (C=O) groups excluding carboxylic acids is 1. The Bertz CT molecular complexity index is 337. The van der Waals surface area contributed by atoms with Gasteiger partial charge >= 0.3 is 5.97 Å². The molecule has 1 heterocycles. The summed E-state index contributed by atoms with van der Waals surface area (Å²) in [6.07, 6.45) is 1.54. The number of imidazole rings is 1. The molecule has 0 aliphatic rings. The third-order valence-corrected chi connectivity index (χ3v) is 2.21. The van der Waals surface area contributed by atoms with Gasteiger partial charge in [-0.25, -0.2) is 9.78 Å². The van der Waals surface area contributed by atoms with Gasteiger partial charge < -0.3 is 15.0 Å². The number of halogens is 1. The molecule has 0 amide bonds. The second-order valence-corrected chi connectivity index (χ2v) is 3.07. The van der Waals surface area contributed by atoms with Crippen LogP contribution in [0.3, 0.4) is 0 Å². The topological polar surface area (TPSA) is 70.1 Å². The first-order chi connectivity index (χ1) is 6.61. The summed E-state index contributed by atoms with van der Waals surface area (Å²) < 4.78 is 6.24. The van der Waals surface area contributed by atoms with Gasteiger partial charge in [0.1, 0.15) is 6.04 Å². The Morgan fingerprint density at radius 1 is 1.86 bits per heavy atom. The molecule has 1 rings (SSSR count). The van der Waals surface area contributed by atoms with E-state index in [1.165, 1.54) is 7.11 Å². The second-order valence-electron chi connectivity index (χ2n) is 2.71. The van der Waals surface area contributed by atoms with Crippen LogP contribution in [0.25, 0.3) is 0 Å². The summed E-state index contributed by atoms with van der Waals surface area (Å²) in [5.74, 6) is -0.526. The van der Waals surface area contributed by atoms with Gasteiger partial charge in [0.2, 0.25) is 0 Å². The van der Waals surface area contributed by atoms with E-state index in [4.69, 9.17) is 17.3 Å². The highest BCUT2D eigenvalue weighted by molar-refractivity contribution is 6.30. The summed E-state index contributed by atoms with van der Waals surface area (Å²) in [5, 5.41) is 0.241. The SMILES string of the molecule is CCn1cnc(Cl)c1C(N)C(=O)OC. The molecule has 0 bridgehead atoms. The second kappa shape index (κ2) is 4.43. The van der Waals surface area contributed by atoms with Crippen LogP contribution in [0.1, 0.15) is 18.7 Å². The molecule has 78 valence electrons. The minimum atomic E-state index is -0.880. The third kappa shape index (κ3) is 1.88. The summed E-state index contributed by atoms with van der Waals surface area (Å²) in [5.41, 5.74) is 6.14. The van der Waals surface area contributed by atoms with Gasteiger partial charge in [-0.3, -0.25) is 0 Å². The molecule has 0 saturated heterocycles. The molecule has 1 aromatic rings. The smallest absolute Gasteiger partial charge is 0.328 e. The van der Waals surface area contributed by atoms with Gasteiger partial charge in [-0.05, 0) is 6.92 Å². The van der Waals surface area contributed by atoms with Gasteiger partial charge in [0.05, 0.1) is 19.1 Å². The Labute approximate surface area is 86.8 Å². The van der Waals surface area contributed by atoms with E-state index in [-0.39, 0.29) is 5.15 Å². The predicted octanol–water partition coefficient (Wildman–Crippen LogP) is 0.729. The average molecular weight is 218 g/mol. The molecule has 1 atom stereocenters. The maximum atomic E-state index is 11.2. The zero-order valence-corrected chi connectivity index (χ0v) is 8.78. The Morgan fingerprint density at radius 2 is 2.50 bits per heavy atom. The molecule has 0 saturated carbocycles. The van der Waals surface area contributed by atoms with E-state index < -0.39 is 12.0 Å². The number of aromatic nitrogens is 2. The van der Waals surface area contributed by atoms with E-state index in [0.717, 1.165) is 0 Å². The number of esters is 1. The zero-order valence-electron chi connectivity index (χ0n) is 8.03. The zero-order chi connectivity index (χ0) is 10.7. The van der Waals surface area contributed by atoms with Gasteiger partial charge in [-0.15, -0.1) is 0 Å². The number of carbonyl (C=O) groups is 1. The van der Waals surface area contributed by atoms with Crippen molar-refractivity contribution in [3.63, 3.8) is 0 Å². The summed E-state index contributed by atoms with van der Waals surface area (Å²) in [4.78, 5) is 15.0. The molecule has 0 aliphatic heterocycles. The molecule has 1 unspecified atom stereocenters. The standard InChI is InChI=1S/C8H12ClN3O2/c1-3-12-4-11-7(9)6(12)5(10)8(13)14-2/h4-5H,3,10H2,1-2H3. The first-order valence-electron chi connectivity index (χ1n) is 4.15. The van der Waals surface area contributed by atoms with Gasteiger partial charge in [0.25, 0.3) is 0 Å². The molecule has 2 N–H and O–H groups in total. The number of methoxy groups -OCH3 is 1. The Morgan fingerprint density at radius 3 is 3.00 bits per heavy atom. The molecule has 6 heteroatoms. The van der Waals surface area contributed by atoms with E-state index in [9.17, 15) is 4.79 Å². The van der Waals surface area contributed by atoms with Crippen molar-refractivity contribution in [2.75, 3.05) is 7.11 Å². The van der Waals surface area contributed by atoms with E-state index in [0.29, 0.717) is 12.2 Å². The van der Waals surface area contributed by atoms with Crippen molar-refractivity contribution >= 4 is 17.6 Å². The fourth-order valence-corrected chi connectivity index (χ4v) is 1.43. The lowest BCUT2D eigenvalue weighted by molar-refractivity contribution is -0.142. The fourth-order valence-electron chi connectivity index (χ4n) is 1.16. The minimum absolute atomic E-state index is 0.241. The van der Waals surface area contributed by atoms with E-state index >= 15 is 0 Å². The maximum Gasteiger partial charge on any atom is 0.328 e. The molecule has 0 radical (unpaired) electrons. The maximum absolute atomic E-state index is 11.2. The molecule has 5 nitrogen and oxygen atoms in total. The van der Waals surface area contributed by atoms with Crippen LogP contribution >= 0.6 is 11.6 Å². The highest BCUT2D eigenvalue weighted by Gasteiger charge is 2.23. The number of aryl methyl sites for hydroxylation is 1. The first-order valence-corrected chi connectivity index (χ1v) is 4.53. The van der Waals surface area contributed by atoms with Crippen molar-refractivity contribution < 1.29 is 9.53 Å². The number of hydrogen-bond acceptors (Lipinski definition) is 4. The predicted molar refractivity (Wildman–Crippen MR) is 51.9 cm³/mol. The Hall–Kier alpha value is -1.07. The molecular weight excluding hydrogens is 206 g/mol. The van der Waals surface area contributed by atoms with Crippen LogP contribution in [-0.2, 0) is 16.1 Å². The lowest BCUT2D eigenvalue weighted by Gasteiger charge is -2.11. The average Bonchev–Trinajstić information content (AvgIpc) is 2.57. The van der Waals surface area contributed by atoms with Gasteiger partial charge in [-0.2, -0.15) is 0 Å². The van der Waals surface area contributed by atoms with Crippen LogP contribution in [0.5, 0.6) is 0 Å². The third-order valence-electron chi connectivity index (χ3n) is 1.92. The summed E-state index contributed by atoms with van der Waals surface area (Å²) in [6.45, 7) is 2.56. The van der Waals surface area contributed by atoms with Gasteiger partial charge in [0, 0.05) is 6.54 Å². The Balaban J connectivity index is 3.04. The normalized spacial score (nSPS) is 12.6. The number of nitrogens with zero attached hydrogens (tertiary/aromatic N) is 2. The van der Waals surface area contributed by atoms with E-state index in [1.807, 2.05) is 6.92 Å². The van der Waals surface area contributed by atoms with Crippen molar-refractivity contribution in [2.24, 2.45) is 5.73 Å². The fraction of sp³-hybridized carbons (Fsp3) is 0.500. The largest absolute Gasteiger partial charge is 0.468 e. The molecular formula is C8H12ClN3O2. The molecule has 0 aromatic carbocycles. The van der Waals surface area contributed by atoms with Crippen LogP contribution in [0.4, 0.5) is 0 Å². The highest BCUT2D eigenvalue weighted by Crippen LogP contribution is 2.20. The van der Waals surface area contributed by atoms with Crippen molar-refractivity contribution in [3.8, 4) is 0 Å². The monoisotopic (exact) mass is 217 g/mol. The van der Waals surface area contributed by atoms with Crippen LogP contribution in [0, 0.1) is 0 Å². The van der Waals surface area contributed by atoms with Gasteiger partial charge in [-0.1, -0.05) is 11.6 Å². The molecule has 0 aliphatic carbocycles. The number of ether oxygens (including phenoxy) is 1. The number of rotatable bonds is 3. The lowest BCUT2D eigenvalue weighted by Crippen LogP contribution is -2.25. The molecule has 0 spiro atoms. The molecule has 0 fully saturated rings. The van der Waals surface area contributed by atoms with Crippen LogP contribution < -0.4 is 5.73 Å². The summed E-state index contributed by atoms with van der Waals surface area (Å²) >= 11 is 5.80. The van der Waals surface area contributed by atoms with E-state index in [1.54, 1.807) is 10.9 Å². The van der Waals surface area contributed by atoms with Crippen LogP contribution in [0.15, 0.2) is 6.33 Å². The summed E-state index contributed by atoms with van der Waals surface area (Å²) in [6, 6.07) is -0.880. The minimum Gasteiger partial charge on any atom is -0.468 e.